The first-order valence-corrected chi connectivity index (χ1v) is 9.28. The van der Waals surface area contributed by atoms with E-state index in [-0.39, 0.29) is 35.8 Å². The molecular weight excluding hydrogens is 362 g/mol. The van der Waals surface area contributed by atoms with Crippen LogP contribution in [0.2, 0.25) is 0 Å². The van der Waals surface area contributed by atoms with Crippen molar-refractivity contribution in [2.75, 3.05) is 19.6 Å². The van der Waals surface area contributed by atoms with Crippen LogP contribution < -0.4 is 16.4 Å². The standard InChI is InChI=1S/C19H25N5O4/c1-12-10-24(11-13(2)28-12)9-8-16(25)20-21-18(26)17-14-6-4-5-7-15(14)19(27)23(3)22-17/h4-7,12-13H,8-11H2,1-3H3,(H,20,25)(H,21,26)/t12-,13-/m1/s1. The molecule has 0 spiro atoms. The molecule has 2 N–H and O–H groups in total. The number of morpholine rings is 1. The van der Waals surface area contributed by atoms with E-state index >= 15 is 0 Å². The Morgan fingerprint density at radius 3 is 2.46 bits per heavy atom. The predicted octanol–water partition coefficient (Wildman–Crippen LogP) is 0.194. The number of hydrogen-bond acceptors (Lipinski definition) is 6. The Morgan fingerprint density at radius 1 is 1.14 bits per heavy atom. The molecule has 0 aliphatic carbocycles. The van der Waals surface area contributed by atoms with E-state index < -0.39 is 5.91 Å². The highest BCUT2D eigenvalue weighted by Gasteiger charge is 2.22. The van der Waals surface area contributed by atoms with Gasteiger partial charge >= 0.3 is 0 Å². The number of aromatic nitrogens is 2. The second-order valence-corrected chi connectivity index (χ2v) is 7.09. The van der Waals surface area contributed by atoms with E-state index in [9.17, 15) is 14.4 Å². The van der Waals surface area contributed by atoms with Gasteiger partial charge in [-0.05, 0) is 19.9 Å². The first-order chi connectivity index (χ1) is 13.3. The molecule has 1 saturated heterocycles. The first kappa shape index (κ1) is 20.0. The lowest BCUT2D eigenvalue weighted by Gasteiger charge is -2.35. The van der Waals surface area contributed by atoms with Crippen LogP contribution in [0.1, 0.15) is 30.8 Å². The minimum Gasteiger partial charge on any atom is -0.373 e. The molecule has 0 radical (unpaired) electrons. The zero-order valence-corrected chi connectivity index (χ0v) is 16.3. The predicted molar refractivity (Wildman–Crippen MR) is 104 cm³/mol. The molecule has 2 heterocycles. The van der Waals surface area contributed by atoms with Gasteiger partial charge in [0.15, 0.2) is 5.69 Å². The van der Waals surface area contributed by atoms with Crippen LogP contribution >= 0.6 is 0 Å². The van der Waals surface area contributed by atoms with E-state index in [2.05, 4.69) is 20.9 Å². The summed E-state index contributed by atoms with van der Waals surface area (Å²) in [5, 5.41) is 4.87. The van der Waals surface area contributed by atoms with Gasteiger partial charge in [-0.25, -0.2) is 4.68 Å². The summed E-state index contributed by atoms with van der Waals surface area (Å²) in [6.07, 6.45) is 0.521. The van der Waals surface area contributed by atoms with E-state index in [1.807, 2.05) is 13.8 Å². The number of benzene rings is 1. The average molecular weight is 387 g/mol. The van der Waals surface area contributed by atoms with Gasteiger partial charge in [-0.3, -0.25) is 30.1 Å². The van der Waals surface area contributed by atoms with Gasteiger partial charge in [-0.1, -0.05) is 18.2 Å². The van der Waals surface area contributed by atoms with Crippen LogP contribution in [-0.2, 0) is 16.6 Å². The van der Waals surface area contributed by atoms with Crippen molar-refractivity contribution < 1.29 is 14.3 Å². The van der Waals surface area contributed by atoms with Crippen molar-refractivity contribution >= 4 is 22.6 Å². The molecule has 1 aliphatic rings. The van der Waals surface area contributed by atoms with Crippen molar-refractivity contribution in [2.24, 2.45) is 7.05 Å². The van der Waals surface area contributed by atoms with Crippen LogP contribution in [0.5, 0.6) is 0 Å². The molecule has 1 aromatic heterocycles. The van der Waals surface area contributed by atoms with Crippen molar-refractivity contribution in [2.45, 2.75) is 32.5 Å². The van der Waals surface area contributed by atoms with Crippen LogP contribution in [0.3, 0.4) is 0 Å². The fourth-order valence-corrected chi connectivity index (χ4v) is 3.44. The van der Waals surface area contributed by atoms with E-state index in [0.29, 0.717) is 17.3 Å². The van der Waals surface area contributed by atoms with Crippen LogP contribution in [0.25, 0.3) is 10.8 Å². The molecular formula is C19H25N5O4. The Hall–Kier alpha value is -2.78. The van der Waals surface area contributed by atoms with Crippen molar-refractivity contribution in [3.8, 4) is 0 Å². The average Bonchev–Trinajstić information content (AvgIpc) is 2.66. The lowest BCUT2D eigenvalue weighted by Crippen LogP contribution is -2.47. The zero-order valence-electron chi connectivity index (χ0n) is 16.3. The number of aryl methyl sites for hydroxylation is 1. The van der Waals surface area contributed by atoms with Crippen LogP contribution in [0.15, 0.2) is 29.1 Å². The molecule has 1 aliphatic heterocycles. The minimum atomic E-state index is -0.575. The number of hydrogen-bond donors (Lipinski definition) is 2. The molecule has 0 unspecified atom stereocenters. The Balaban J connectivity index is 1.59. The third kappa shape index (κ3) is 4.55. The molecule has 1 aromatic carbocycles. The number of rotatable bonds is 4. The first-order valence-electron chi connectivity index (χ1n) is 9.28. The maximum absolute atomic E-state index is 12.5. The largest absolute Gasteiger partial charge is 0.373 e. The SMILES string of the molecule is C[C@@H]1CN(CCC(=O)NNC(=O)c2nn(C)c(=O)c3ccccc23)C[C@@H](C)O1. The van der Waals surface area contributed by atoms with Gasteiger partial charge in [-0.2, -0.15) is 5.10 Å². The third-order valence-electron chi connectivity index (χ3n) is 4.64. The second kappa shape index (κ2) is 8.49. The molecule has 2 amide bonds. The van der Waals surface area contributed by atoms with Crippen molar-refractivity contribution in [3.05, 3.63) is 40.3 Å². The highest BCUT2D eigenvalue weighted by atomic mass is 16.5. The molecule has 9 heteroatoms. The topological polar surface area (TPSA) is 106 Å². The third-order valence-corrected chi connectivity index (χ3v) is 4.64. The Morgan fingerprint density at radius 2 is 1.79 bits per heavy atom. The second-order valence-electron chi connectivity index (χ2n) is 7.09. The molecule has 3 rings (SSSR count). The molecule has 9 nitrogen and oxygen atoms in total. The quantitative estimate of drug-likeness (QED) is 0.726. The van der Waals surface area contributed by atoms with Gasteiger partial charge in [-0.15, -0.1) is 0 Å². The number of fused-ring (bicyclic) bond motifs is 1. The summed E-state index contributed by atoms with van der Waals surface area (Å²) in [7, 11) is 1.48. The molecule has 150 valence electrons. The summed E-state index contributed by atoms with van der Waals surface area (Å²) in [6, 6.07) is 6.74. The number of nitrogens with zero attached hydrogens (tertiary/aromatic N) is 3. The number of nitrogens with one attached hydrogen (secondary N) is 2. The number of amides is 2. The van der Waals surface area contributed by atoms with Gasteiger partial charge in [0.2, 0.25) is 5.91 Å². The monoisotopic (exact) mass is 387 g/mol. The number of hydrazine groups is 1. The summed E-state index contributed by atoms with van der Waals surface area (Å²) in [5.74, 6) is -0.872. The van der Waals surface area contributed by atoms with Crippen molar-refractivity contribution in [3.63, 3.8) is 0 Å². The maximum Gasteiger partial charge on any atom is 0.290 e. The summed E-state index contributed by atoms with van der Waals surface area (Å²) < 4.78 is 6.78. The molecule has 0 bridgehead atoms. The van der Waals surface area contributed by atoms with Gasteiger partial charge in [0, 0.05) is 38.5 Å². The minimum absolute atomic E-state index is 0.0776. The lowest BCUT2D eigenvalue weighted by atomic mass is 10.1. The van der Waals surface area contributed by atoms with Gasteiger partial charge in [0.05, 0.1) is 17.6 Å². The number of ether oxygens (including phenoxy) is 1. The summed E-state index contributed by atoms with van der Waals surface area (Å²) in [6.45, 7) is 6.15. The van der Waals surface area contributed by atoms with E-state index in [1.54, 1.807) is 24.3 Å². The zero-order chi connectivity index (χ0) is 20.3. The number of carbonyl (C=O) groups excluding carboxylic acids is 2. The summed E-state index contributed by atoms with van der Waals surface area (Å²) >= 11 is 0. The van der Waals surface area contributed by atoms with Gasteiger partial charge in [0.1, 0.15) is 0 Å². The Bertz CT molecular complexity index is 932. The highest BCUT2D eigenvalue weighted by molar-refractivity contribution is 6.05. The van der Waals surface area contributed by atoms with E-state index in [0.717, 1.165) is 17.8 Å². The summed E-state index contributed by atoms with van der Waals surface area (Å²) in [4.78, 5) is 38.9. The molecule has 2 aromatic rings. The molecule has 28 heavy (non-hydrogen) atoms. The number of carbonyl (C=O) groups is 2. The maximum atomic E-state index is 12.5. The Labute approximate surface area is 162 Å². The van der Waals surface area contributed by atoms with Gasteiger partial charge < -0.3 is 4.74 Å². The normalized spacial score (nSPS) is 20.1. The fourth-order valence-electron chi connectivity index (χ4n) is 3.44. The summed E-state index contributed by atoms with van der Waals surface area (Å²) in [5.41, 5.74) is 4.59. The smallest absolute Gasteiger partial charge is 0.290 e. The lowest BCUT2D eigenvalue weighted by molar-refractivity contribution is -0.123. The van der Waals surface area contributed by atoms with Crippen LogP contribution in [0.4, 0.5) is 0 Å². The highest BCUT2D eigenvalue weighted by Crippen LogP contribution is 2.13. The van der Waals surface area contributed by atoms with Gasteiger partial charge in [0.25, 0.3) is 11.5 Å². The van der Waals surface area contributed by atoms with Crippen molar-refractivity contribution in [1.82, 2.24) is 25.5 Å². The molecule has 2 atom stereocenters. The molecule has 1 fully saturated rings. The van der Waals surface area contributed by atoms with Crippen molar-refractivity contribution in [1.29, 1.82) is 0 Å². The Kier molecular flexibility index (Phi) is 6.05. The van der Waals surface area contributed by atoms with Crippen LogP contribution in [-0.4, -0.2) is 58.3 Å². The van der Waals surface area contributed by atoms with Crippen LogP contribution in [0, 0.1) is 0 Å². The van der Waals surface area contributed by atoms with E-state index in [1.165, 1.54) is 7.05 Å². The fraction of sp³-hybridized carbons (Fsp3) is 0.474. The molecule has 0 saturated carbocycles. The van der Waals surface area contributed by atoms with E-state index in [4.69, 9.17) is 4.74 Å².